The molecule has 0 radical (unpaired) electrons. The van der Waals surface area contributed by atoms with Crippen molar-refractivity contribution in [3.63, 3.8) is 0 Å². The van der Waals surface area contributed by atoms with Gasteiger partial charge in [0.1, 0.15) is 6.61 Å². The second-order valence-corrected chi connectivity index (χ2v) is 9.91. The minimum Gasteiger partial charge on any atom is -0.480 e. The molecule has 0 unspecified atom stereocenters. The number of ether oxygens (including phenoxy) is 1. The van der Waals surface area contributed by atoms with E-state index in [1.807, 2.05) is 0 Å². The molecule has 0 amide bonds. The minimum absolute atomic E-state index is 0.0660. The average Bonchev–Trinajstić information content (AvgIpc) is 2.52. The summed E-state index contributed by atoms with van der Waals surface area (Å²) in [7, 11) is 0. The maximum Gasteiger partial charge on any atom is 0.329 e. The summed E-state index contributed by atoms with van der Waals surface area (Å²) < 4.78 is 5.72. The third kappa shape index (κ3) is 5.84. The first-order valence-corrected chi connectivity index (χ1v) is 9.95. The van der Waals surface area contributed by atoms with Gasteiger partial charge in [-0.1, -0.05) is 72.6 Å². The fraction of sp³-hybridized carbons (Fsp3) is 0.696. The first-order chi connectivity index (χ1) is 12.0. The second-order valence-electron chi connectivity index (χ2n) is 9.91. The summed E-state index contributed by atoms with van der Waals surface area (Å²) in [5, 5.41) is 8.95. The van der Waals surface area contributed by atoms with Gasteiger partial charge in [0.05, 0.1) is 6.10 Å². The number of carboxylic acid groups (broad SMARTS) is 1. The molecule has 26 heavy (non-hydrogen) atoms. The predicted octanol–water partition coefficient (Wildman–Crippen LogP) is 5.48. The molecule has 1 aliphatic rings. The van der Waals surface area contributed by atoms with Gasteiger partial charge in [-0.15, -0.1) is 0 Å². The fourth-order valence-corrected chi connectivity index (χ4v) is 3.78. The Balaban J connectivity index is 2.27. The van der Waals surface area contributed by atoms with Gasteiger partial charge in [-0.05, 0) is 52.7 Å². The summed E-state index contributed by atoms with van der Waals surface area (Å²) >= 11 is 0. The van der Waals surface area contributed by atoms with Gasteiger partial charge < -0.3 is 9.84 Å². The highest BCUT2D eigenvalue weighted by Gasteiger charge is 2.28. The van der Waals surface area contributed by atoms with E-state index in [1.165, 1.54) is 23.1 Å². The Labute approximate surface area is 159 Å². The van der Waals surface area contributed by atoms with E-state index in [0.717, 1.165) is 25.7 Å². The van der Waals surface area contributed by atoms with Crippen molar-refractivity contribution >= 4 is 5.97 Å². The van der Waals surface area contributed by atoms with E-state index in [1.54, 1.807) is 0 Å². The molecule has 0 heterocycles. The van der Waals surface area contributed by atoms with Crippen molar-refractivity contribution in [2.75, 3.05) is 6.61 Å². The smallest absolute Gasteiger partial charge is 0.329 e. The van der Waals surface area contributed by atoms with Crippen molar-refractivity contribution in [2.45, 2.75) is 90.6 Å². The van der Waals surface area contributed by atoms with Gasteiger partial charge in [-0.3, -0.25) is 0 Å². The van der Waals surface area contributed by atoms with Crippen LogP contribution < -0.4 is 0 Å². The molecule has 0 aliphatic heterocycles. The molecule has 1 aliphatic carbocycles. The van der Waals surface area contributed by atoms with Gasteiger partial charge in [-0.2, -0.15) is 0 Å². The van der Waals surface area contributed by atoms with Crippen LogP contribution in [-0.2, 0) is 26.8 Å². The summed E-state index contributed by atoms with van der Waals surface area (Å²) in [6.07, 6.45) is 5.48. The van der Waals surface area contributed by atoms with E-state index in [0.29, 0.717) is 5.92 Å². The van der Waals surface area contributed by atoms with E-state index >= 15 is 0 Å². The molecule has 2 atom stereocenters. The Hall–Kier alpha value is -1.35. The van der Waals surface area contributed by atoms with Crippen molar-refractivity contribution < 1.29 is 14.6 Å². The molecule has 1 aromatic carbocycles. The van der Waals surface area contributed by atoms with E-state index in [9.17, 15) is 4.79 Å². The largest absolute Gasteiger partial charge is 0.480 e. The zero-order chi connectivity index (χ0) is 19.5. The molecule has 1 N–H and O–H groups in total. The van der Waals surface area contributed by atoms with Gasteiger partial charge >= 0.3 is 5.97 Å². The van der Waals surface area contributed by atoms with E-state index in [-0.39, 0.29) is 23.5 Å². The van der Waals surface area contributed by atoms with Gasteiger partial charge in [0.15, 0.2) is 0 Å². The number of hydrogen-bond donors (Lipinski definition) is 1. The van der Waals surface area contributed by atoms with Crippen LogP contribution in [0.15, 0.2) is 18.2 Å². The molecule has 1 fully saturated rings. The van der Waals surface area contributed by atoms with Crippen molar-refractivity contribution in [3.05, 3.63) is 34.9 Å². The lowest BCUT2D eigenvalue weighted by Gasteiger charge is -2.32. The number of carboxylic acids is 1. The van der Waals surface area contributed by atoms with Crippen molar-refractivity contribution in [3.8, 4) is 0 Å². The molecule has 2 rings (SSSR count). The van der Waals surface area contributed by atoms with Crippen LogP contribution in [0.1, 0.15) is 83.9 Å². The van der Waals surface area contributed by atoms with Crippen LogP contribution in [0.5, 0.6) is 0 Å². The van der Waals surface area contributed by atoms with Crippen LogP contribution in [0.4, 0.5) is 0 Å². The van der Waals surface area contributed by atoms with E-state index < -0.39 is 5.97 Å². The van der Waals surface area contributed by atoms with Crippen LogP contribution in [0, 0.1) is 5.92 Å². The third-order valence-electron chi connectivity index (χ3n) is 5.48. The van der Waals surface area contributed by atoms with Crippen LogP contribution in [-0.4, -0.2) is 23.8 Å². The molecule has 1 saturated carbocycles. The third-order valence-corrected chi connectivity index (χ3v) is 5.48. The monoisotopic (exact) mass is 360 g/mol. The fourth-order valence-electron chi connectivity index (χ4n) is 3.78. The maximum atomic E-state index is 10.9. The van der Waals surface area contributed by atoms with Gasteiger partial charge in [0.2, 0.25) is 0 Å². The predicted molar refractivity (Wildman–Crippen MR) is 107 cm³/mol. The zero-order valence-corrected chi connectivity index (χ0v) is 17.4. The quantitative estimate of drug-likeness (QED) is 0.756. The number of rotatable bonds is 5. The van der Waals surface area contributed by atoms with Gasteiger partial charge in [-0.25, -0.2) is 4.79 Å². The van der Waals surface area contributed by atoms with E-state index in [2.05, 4.69) is 59.7 Å². The topological polar surface area (TPSA) is 46.5 Å². The second kappa shape index (κ2) is 8.12. The molecule has 0 bridgehead atoms. The Morgan fingerprint density at radius 2 is 1.54 bits per heavy atom. The molecule has 0 saturated heterocycles. The highest BCUT2D eigenvalue weighted by molar-refractivity contribution is 5.68. The highest BCUT2D eigenvalue weighted by atomic mass is 16.5. The summed E-state index contributed by atoms with van der Waals surface area (Å²) in [5.74, 6) is -0.467. The normalized spacial score (nSPS) is 21.6. The molecule has 1 aromatic rings. The van der Waals surface area contributed by atoms with Crippen molar-refractivity contribution in [1.82, 2.24) is 0 Å². The molecule has 3 nitrogen and oxygen atoms in total. The lowest BCUT2D eigenvalue weighted by molar-refractivity contribution is -0.146. The highest BCUT2D eigenvalue weighted by Crippen LogP contribution is 2.34. The van der Waals surface area contributed by atoms with Crippen molar-refractivity contribution in [1.29, 1.82) is 0 Å². The Bertz CT molecular complexity index is 587. The van der Waals surface area contributed by atoms with Crippen LogP contribution in [0.3, 0.4) is 0 Å². The summed E-state index contributed by atoms with van der Waals surface area (Å²) in [6, 6.07) is 7.04. The Morgan fingerprint density at radius 1 is 1.00 bits per heavy atom. The number of benzene rings is 1. The molecule has 0 spiro atoms. The molecule has 0 aromatic heterocycles. The van der Waals surface area contributed by atoms with Crippen LogP contribution >= 0.6 is 0 Å². The zero-order valence-electron chi connectivity index (χ0n) is 17.4. The van der Waals surface area contributed by atoms with E-state index in [4.69, 9.17) is 9.84 Å². The number of aliphatic carboxylic acids is 1. The molecule has 146 valence electrons. The SMILES string of the molecule is CC(C)(C)c1cc(C[C@H]2CCCC[C@H]2OCC(=O)O)cc(C(C)(C)C)c1. The summed E-state index contributed by atoms with van der Waals surface area (Å²) in [5.41, 5.74) is 4.33. The van der Waals surface area contributed by atoms with Crippen LogP contribution in [0.25, 0.3) is 0 Å². The molecular formula is C23H36O3. The molecule has 3 heteroatoms. The first kappa shape index (κ1) is 21.0. The van der Waals surface area contributed by atoms with Crippen molar-refractivity contribution in [2.24, 2.45) is 5.92 Å². The van der Waals surface area contributed by atoms with Gasteiger partial charge in [0, 0.05) is 0 Å². The molecular weight excluding hydrogens is 324 g/mol. The van der Waals surface area contributed by atoms with Crippen LogP contribution in [0.2, 0.25) is 0 Å². The standard InChI is InChI=1S/C23H36O3/c1-22(2,3)18-12-16(13-19(14-18)23(4,5)6)11-17-9-7-8-10-20(17)26-15-21(24)25/h12-14,17,20H,7-11,15H2,1-6H3,(H,24,25)/t17-,20-/m1/s1. The lowest BCUT2D eigenvalue weighted by Crippen LogP contribution is -2.31. The van der Waals surface area contributed by atoms with Gasteiger partial charge in [0.25, 0.3) is 0 Å². The first-order valence-electron chi connectivity index (χ1n) is 9.95. The number of hydrogen-bond acceptors (Lipinski definition) is 2. The lowest BCUT2D eigenvalue weighted by atomic mass is 9.77. The Morgan fingerprint density at radius 3 is 2.04 bits per heavy atom. The summed E-state index contributed by atoms with van der Waals surface area (Å²) in [6.45, 7) is 13.4. The Kier molecular flexibility index (Phi) is 6.55. The maximum absolute atomic E-state index is 10.9. The minimum atomic E-state index is -0.876. The summed E-state index contributed by atoms with van der Waals surface area (Å²) in [4.78, 5) is 10.9. The average molecular weight is 361 g/mol. The number of carbonyl (C=O) groups is 1.